The van der Waals surface area contributed by atoms with Crippen LogP contribution in [0.5, 0.6) is 0 Å². The molecule has 2 aromatic rings. The Morgan fingerprint density at radius 1 is 1.04 bits per heavy atom. The van der Waals surface area contributed by atoms with E-state index in [4.69, 9.17) is 9.90 Å². The number of hydrogen-bond donors (Lipinski definition) is 4. The molecule has 2 aliphatic rings. The fraction of sp³-hybridized carbons (Fsp3) is 0.583. The number of pyridine rings is 1. The number of aromatic nitrogens is 1. The van der Waals surface area contributed by atoms with Crippen molar-refractivity contribution in [2.24, 2.45) is 17.3 Å². The summed E-state index contributed by atoms with van der Waals surface area (Å²) in [4.78, 5) is 53.4. The molecule has 0 saturated heterocycles. The monoisotopic (exact) mass is 636 g/mol. The number of hydrogen-bond acceptors (Lipinski definition) is 6. The maximum Gasteiger partial charge on any atom is 0.405 e. The van der Waals surface area contributed by atoms with Crippen LogP contribution in [0.25, 0.3) is 0 Å². The fourth-order valence-electron chi connectivity index (χ4n) is 6.72. The summed E-state index contributed by atoms with van der Waals surface area (Å²) in [5.41, 5.74) is 2.34. The summed E-state index contributed by atoms with van der Waals surface area (Å²) in [6.45, 7) is 12.5. The van der Waals surface area contributed by atoms with Crippen LogP contribution in [0.2, 0.25) is 0 Å². The van der Waals surface area contributed by atoms with Gasteiger partial charge in [0.2, 0.25) is 5.91 Å². The quantitative estimate of drug-likeness (QED) is 0.201. The van der Waals surface area contributed by atoms with Crippen LogP contribution in [0.4, 0.5) is 4.79 Å². The fourth-order valence-corrected chi connectivity index (χ4v) is 6.72. The second-order valence-corrected chi connectivity index (χ2v) is 14.1. The van der Waals surface area contributed by atoms with Crippen molar-refractivity contribution in [1.29, 1.82) is 0 Å². The van der Waals surface area contributed by atoms with Crippen LogP contribution < -0.4 is 10.6 Å². The maximum atomic E-state index is 13.9. The van der Waals surface area contributed by atoms with E-state index in [1.807, 2.05) is 46.8 Å². The predicted molar refractivity (Wildman–Crippen MR) is 178 cm³/mol. The highest BCUT2D eigenvalue weighted by Gasteiger charge is 2.50. The van der Waals surface area contributed by atoms with Crippen LogP contribution in [0.1, 0.15) is 93.8 Å². The van der Waals surface area contributed by atoms with Crippen molar-refractivity contribution in [2.45, 2.75) is 97.6 Å². The van der Waals surface area contributed by atoms with Gasteiger partial charge in [0.25, 0.3) is 6.47 Å². The Hall–Kier alpha value is -3.79. The van der Waals surface area contributed by atoms with Gasteiger partial charge in [-0.3, -0.25) is 19.4 Å². The standard InChI is InChI=1S/C35H50N4O4.CH2O2/c1-24(2)31(40)29-11-10-27-15-19-39(20-16-28(27)21-29)18-14-25-8-12-30(13-9-25)37-32(41)35(34(3,4)5,38-33(42)43)22-26-7-6-17-36-23-26;2-1-3/h6-7,10-11,17,21,23-25,30,38H,8-9,12-16,18-20,22H2,1-5H3,(H,37,41)(H,42,43);1H,(H,2,3)/t25?,30?,35-;/m0./s1. The minimum absolute atomic E-state index is 0.0121. The molecule has 1 fully saturated rings. The van der Waals surface area contributed by atoms with Gasteiger partial charge in [-0.2, -0.15) is 0 Å². The molecule has 2 heterocycles. The minimum Gasteiger partial charge on any atom is -0.483 e. The third kappa shape index (κ3) is 9.85. The van der Waals surface area contributed by atoms with Crippen molar-refractivity contribution in [1.82, 2.24) is 20.5 Å². The van der Waals surface area contributed by atoms with Gasteiger partial charge in [-0.05, 0) is 91.6 Å². The topological polar surface area (TPSA) is 149 Å². The molecule has 1 saturated carbocycles. The van der Waals surface area contributed by atoms with Crippen LogP contribution in [-0.4, -0.2) is 75.6 Å². The number of benzene rings is 1. The summed E-state index contributed by atoms with van der Waals surface area (Å²) in [5, 5.41) is 22.5. The average Bonchev–Trinajstić information content (AvgIpc) is 3.22. The van der Waals surface area contributed by atoms with Crippen molar-refractivity contribution in [3.05, 3.63) is 65.0 Å². The summed E-state index contributed by atoms with van der Waals surface area (Å²) in [5.74, 6) is 0.579. The summed E-state index contributed by atoms with van der Waals surface area (Å²) in [6, 6.07) is 9.98. The summed E-state index contributed by atoms with van der Waals surface area (Å²) >= 11 is 0. The SMILES string of the molecule is CC(C)C(=O)c1ccc2c(c1)CCN(CCC1CCC(NC(=O)[C@](Cc3cccnc3)(NC(=O)O)C(C)(C)C)CC1)CC2.O=CO. The minimum atomic E-state index is -1.33. The van der Waals surface area contributed by atoms with E-state index in [0.717, 1.165) is 75.7 Å². The largest absolute Gasteiger partial charge is 0.483 e. The van der Waals surface area contributed by atoms with Gasteiger partial charge < -0.3 is 25.7 Å². The van der Waals surface area contributed by atoms with Crippen LogP contribution in [-0.2, 0) is 28.9 Å². The van der Waals surface area contributed by atoms with Crippen molar-refractivity contribution < 1.29 is 29.4 Å². The average molecular weight is 637 g/mol. The van der Waals surface area contributed by atoms with Crippen LogP contribution in [0.3, 0.4) is 0 Å². The number of carbonyl (C=O) groups excluding carboxylic acids is 2. The Labute approximate surface area is 273 Å². The van der Waals surface area contributed by atoms with Gasteiger partial charge in [0.05, 0.1) is 0 Å². The van der Waals surface area contributed by atoms with Gasteiger partial charge in [-0.25, -0.2) is 4.79 Å². The van der Waals surface area contributed by atoms with Gasteiger partial charge in [0.1, 0.15) is 5.54 Å². The van der Waals surface area contributed by atoms with Crippen molar-refractivity contribution in [3.8, 4) is 0 Å². The lowest BCUT2D eigenvalue weighted by Gasteiger charge is -2.44. The lowest BCUT2D eigenvalue weighted by atomic mass is 9.69. The van der Waals surface area contributed by atoms with Crippen molar-refractivity contribution in [2.75, 3.05) is 19.6 Å². The Morgan fingerprint density at radius 3 is 2.26 bits per heavy atom. The zero-order chi connectivity index (χ0) is 33.9. The van der Waals surface area contributed by atoms with E-state index in [1.165, 1.54) is 11.1 Å². The molecule has 1 atom stereocenters. The van der Waals surface area contributed by atoms with Gasteiger partial charge in [0.15, 0.2) is 5.78 Å². The lowest BCUT2D eigenvalue weighted by molar-refractivity contribution is -0.133. The van der Waals surface area contributed by atoms with Crippen LogP contribution >= 0.6 is 0 Å². The van der Waals surface area contributed by atoms with Crippen molar-refractivity contribution >= 4 is 24.3 Å². The Morgan fingerprint density at radius 2 is 1.70 bits per heavy atom. The zero-order valence-electron chi connectivity index (χ0n) is 28.1. The number of ketones is 1. The molecule has 1 aromatic carbocycles. The van der Waals surface area contributed by atoms with Crippen molar-refractivity contribution in [3.63, 3.8) is 0 Å². The molecule has 252 valence electrons. The summed E-state index contributed by atoms with van der Waals surface area (Å²) < 4.78 is 0. The first-order valence-electron chi connectivity index (χ1n) is 16.5. The predicted octanol–water partition coefficient (Wildman–Crippen LogP) is 5.38. The molecule has 10 nitrogen and oxygen atoms in total. The van der Waals surface area contributed by atoms with E-state index >= 15 is 0 Å². The third-order valence-electron chi connectivity index (χ3n) is 9.63. The van der Waals surface area contributed by atoms with E-state index in [9.17, 15) is 19.5 Å². The van der Waals surface area contributed by atoms with Gasteiger partial charge >= 0.3 is 6.09 Å². The normalized spacial score (nSPS) is 19.8. The number of carbonyl (C=O) groups is 4. The van der Waals surface area contributed by atoms with E-state index in [0.29, 0.717) is 5.92 Å². The zero-order valence-corrected chi connectivity index (χ0v) is 28.1. The molecule has 1 aliphatic carbocycles. The van der Waals surface area contributed by atoms with E-state index in [2.05, 4.69) is 32.7 Å². The molecule has 1 aromatic heterocycles. The second kappa shape index (κ2) is 16.7. The second-order valence-electron chi connectivity index (χ2n) is 14.1. The summed E-state index contributed by atoms with van der Waals surface area (Å²) in [6.07, 6.45) is 9.42. The van der Waals surface area contributed by atoms with Gasteiger partial charge in [-0.15, -0.1) is 0 Å². The highest BCUT2D eigenvalue weighted by molar-refractivity contribution is 5.97. The molecule has 4 rings (SSSR count). The number of amides is 2. The Kier molecular flexibility index (Phi) is 13.3. The summed E-state index contributed by atoms with van der Waals surface area (Å²) in [7, 11) is 0. The van der Waals surface area contributed by atoms with Gasteiger partial charge in [-0.1, -0.05) is 52.8 Å². The first kappa shape index (κ1) is 36.7. The van der Waals surface area contributed by atoms with Crippen LogP contribution in [0.15, 0.2) is 42.7 Å². The van der Waals surface area contributed by atoms with E-state index in [-0.39, 0.29) is 36.5 Å². The van der Waals surface area contributed by atoms with E-state index in [1.54, 1.807) is 18.5 Å². The first-order valence-corrected chi connectivity index (χ1v) is 16.5. The molecule has 46 heavy (non-hydrogen) atoms. The Balaban J connectivity index is 0.00000185. The molecule has 0 unspecified atom stereocenters. The van der Waals surface area contributed by atoms with Crippen LogP contribution in [0, 0.1) is 17.3 Å². The number of rotatable bonds is 10. The number of carboxylic acid groups (broad SMARTS) is 2. The highest BCUT2D eigenvalue weighted by atomic mass is 16.4. The molecule has 4 N–H and O–H groups in total. The molecule has 2 amide bonds. The number of fused-ring (bicyclic) bond motifs is 1. The highest BCUT2D eigenvalue weighted by Crippen LogP contribution is 2.35. The molecular formula is C36H52N4O6. The maximum absolute atomic E-state index is 13.9. The smallest absolute Gasteiger partial charge is 0.405 e. The molecule has 1 aliphatic heterocycles. The number of nitrogens with one attached hydrogen (secondary N) is 2. The molecule has 0 spiro atoms. The lowest BCUT2D eigenvalue weighted by Crippen LogP contribution is -2.67. The van der Waals surface area contributed by atoms with E-state index < -0.39 is 17.0 Å². The number of nitrogens with zero attached hydrogens (tertiary/aromatic N) is 2. The first-order chi connectivity index (χ1) is 21.8. The Bertz CT molecular complexity index is 1320. The molecule has 0 bridgehead atoms. The molecular weight excluding hydrogens is 584 g/mol. The number of Topliss-reactive ketones (excluding diaryl/α,β-unsaturated/α-hetero) is 1. The molecule has 10 heteroatoms. The third-order valence-corrected chi connectivity index (χ3v) is 9.63. The van der Waals surface area contributed by atoms with Gasteiger partial charge in [0, 0.05) is 49.4 Å². The molecule has 0 radical (unpaired) electrons.